The number of carbonyl (C=O) groups excluding carboxylic acids is 1. The lowest BCUT2D eigenvalue weighted by Crippen LogP contribution is -2.22. The molecule has 2 heterocycles. The van der Waals surface area contributed by atoms with Crippen LogP contribution in [0.5, 0.6) is 0 Å². The van der Waals surface area contributed by atoms with Crippen LogP contribution >= 0.6 is 11.6 Å². The van der Waals surface area contributed by atoms with E-state index >= 15 is 0 Å². The van der Waals surface area contributed by atoms with Gasteiger partial charge in [-0.1, -0.05) is 37.6 Å². The van der Waals surface area contributed by atoms with Crippen LogP contribution < -0.4 is 0 Å². The number of carbonyl (C=O) groups is 1. The molecule has 2 nitrogen and oxygen atoms in total. The van der Waals surface area contributed by atoms with E-state index in [9.17, 15) is 4.79 Å². The van der Waals surface area contributed by atoms with E-state index in [2.05, 4.69) is 13.0 Å². The van der Waals surface area contributed by atoms with Gasteiger partial charge in [0, 0.05) is 18.3 Å². The van der Waals surface area contributed by atoms with Crippen molar-refractivity contribution in [1.29, 1.82) is 0 Å². The first kappa shape index (κ1) is 12.2. The Balaban J connectivity index is 2.44. The second kappa shape index (κ2) is 4.92. The smallest absolute Gasteiger partial charge is 0.178 e. The molecule has 0 bridgehead atoms. The van der Waals surface area contributed by atoms with Crippen LogP contribution in [0.15, 0.2) is 46.9 Å². The molecule has 2 rings (SSSR count). The summed E-state index contributed by atoms with van der Waals surface area (Å²) in [5.74, 6) is 0.528. The number of hydrogen-bond donors (Lipinski definition) is 0. The van der Waals surface area contributed by atoms with Crippen molar-refractivity contribution in [3.63, 3.8) is 0 Å². The highest BCUT2D eigenvalue weighted by atomic mass is 35.5. The highest BCUT2D eigenvalue weighted by Crippen LogP contribution is 2.29. The zero-order valence-corrected chi connectivity index (χ0v) is 10.9. The molecule has 0 aromatic heterocycles. The van der Waals surface area contributed by atoms with Crippen LogP contribution in [0.1, 0.15) is 26.7 Å². The van der Waals surface area contributed by atoms with E-state index < -0.39 is 0 Å². The van der Waals surface area contributed by atoms with Crippen molar-refractivity contribution in [2.75, 3.05) is 0 Å². The quantitative estimate of drug-likeness (QED) is 0.743. The van der Waals surface area contributed by atoms with E-state index in [0.717, 1.165) is 17.8 Å². The molecular weight excluding hydrogens is 234 g/mol. The van der Waals surface area contributed by atoms with Gasteiger partial charge in [0.05, 0.1) is 10.7 Å². The maximum absolute atomic E-state index is 12.0. The monoisotopic (exact) mass is 249 g/mol. The second-order valence-corrected chi connectivity index (χ2v) is 4.82. The Morgan fingerprint density at radius 3 is 3.00 bits per heavy atom. The average molecular weight is 250 g/mol. The van der Waals surface area contributed by atoms with Gasteiger partial charge in [0.15, 0.2) is 5.78 Å². The van der Waals surface area contributed by atoms with Crippen molar-refractivity contribution in [3.05, 3.63) is 46.9 Å². The molecule has 0 aliphatic carbocycles. The molecule has 0 saturated carbocycles. The fraction of sp³-hybridized carbons (Fsp3) is 0.357. The molecule has 3 heteroatoms. The highest BCUT2D eigenvalue weighted by molar-refractivity contribution is 6.31. The van der Waals surface area contributed by atoms with Crippen LogP contribution in [0.4, 0.5) is 0 Å². The number of hydrogen-bond acceptors (Lipinski definition) is 2. The SMILES string of the molecule is CCC(=O)C1=CC(C)CC=C2C=CC(Cl)=CN21. The highest BCUT2D eigenvalue weighted by Gasteiger charge is 2.22. The first-order valence-corrected chi connectivity index (χ1v) is 6.29. The second-order valence-electron chi connectivity index (χ2n) is 4.39. The summed E-state index contributed by atoms with van der Waals surface area (Å²) in [7, 11) is 0. The van der Waals surface area contributed by atoms with Gasteiger partial charge < -0.3 is 4.90 Å². The molecule has 0 spiro atoms. The molecule has 2 aliphatic rings. The van der Waals surface area contributed by atoms with E-state index in [0.29, 0.717) is 17.4 Å². The van der Waals surface area contributed by atoms with Crippen LogP contribution in [-0.4, -0.2) is 10.7 Å². The summed E-state index contributed by atoms with van der Waals surface area (Å²) in [6, 6.07) is 0. The minimum atomic E-state index is 0.153. The van der Waals surface area contributed by atoms with E-state index in [1.54, 1.807) is 0 Å². The minimum Gasteiger partial charge on any atom is -0.313 e. The van der Waals surface area contributed by atoms with Crippen LogP contribution in [0.25, 0.3) is 0 Å². The van der Waals surface area contributed by atoms with Gasteiger partial charge in [-0.2, -0.15) is 0 Å². The fourth-order valence-corrected chi connectivity index (χ4v) is 2.15. The Bertz CT molecular complexity index is 457. The molecule has 0 aromatic rings. The number of Topliss-reactive ketones (excluding diaryl/α,β-unsaturated/α-hetero) is 1. The van der Waals surface area contributed by atoms with Crippen LogP contribution in [0.3, 0.4) is 0 Å². The lowest BCUT2D eigenvalue weighted by atomic mass is 10.1. The van der Waals surface area contributed by atoms with Gasteiger partial charge in [-0.3, -0.25) is 4.79 Å². The summed E-state index contributed by atoms with van der Waals surface area (Å²) in [4.78, 5) is 13.9. The van der Waals surface area contributed by atoms with Gasteiger partial charge in [0.1, 0.15) is 0 Å². The average Bonchev–Trinajstić information content (AvgIpc) is 2.48. The van der Waals surface area contributed by atoms with Gasteiger partial charge >= 0.3 is 0 Å². The van der Waals surface area contributed by atoms with Crippen LogP contribution in [0.2, 0.25) is 0 Å². The molecule has 90 valence electrons. The van der Waals surface area contributed by atoms with E-state index in [1.165, 1.54) is 0 Å². The third-order valence-electron chi connectivity index (χ3n) is 2.95. The lowest BCUT2D eigenvalue weighted by Gasteiger charge is -2.25. The van der Waals surface area contributed by atoms with Gasteiger partial charge in [-0.25, -0.2) is 0 Å². The van der Waals surface area contributed by atoms with Crippen molar-refractivity contribution in [2.24, 2.45) is 5.92 Å². The number of ketones is 1. The molecule has 0 aromatic carbocycles. The van der Waals surface area contributed by atoms with Crippen molar-refractivity contribution < 1.29 is 4.79 Å². The van der Waals surface area contributed by atoms with Gasteiger partial charge in [0.25, 0.3) is 0 Å². The summed E-state index contributed by atoms with van der Waals surface area (Å²) >= 11 is 6.01. The van der Waals surface area contributed by atoms with Crippen LogP contribution in [0, 0.1) is 5.92 Å². The fourth-order valence-electron chi connectivity index (χ4n) is 1.99. The summed E-state index contributed by atoms with van der Waals surface area (Å²) in [5, 5.41) is 0.645. The molecule has 0 fully saturated rings. The summed E-state index contributed by atoms with van der Waals surface area (Å²) in [6.07, 6.45) is 11.3. The van der Waals surface area contributed by atoms with Crippen molar-refractivity contribution in [2.45, 2.75) is 26.7 Å². The predicted molar refractivity (Wildman–Crippen MR) is 70.2 cm³/mol. The third-order valence-corrected chi connectivity index (χ3v) is 3.17. The topological polar surface area (TPSA) is 20.3 Å². The molecule has 0 amide bonds. The molecule has 1 unspecified atom stereocenters. The van der Waals surface area contributed by atoms with E-state index in [1.807, 2.05) is 36.3 Å². The third kappa shape index (κ3) is 2.52. The minimum absolute atomic E-state index is 0.153. The molecular formula is C14H16ClNO. The predicted octanol–water partition coefficient (Wildman–Crippen LogP) is 3.73. The number of halogens is 1. The van der Waals surface area contributed by atoms with Crippen LogP contribution in [-0.2, 0) is 4.79 Å². The summed E-state index contributed by atoms with van der Waals surface area (Å²) in [5.41, 5.74) is 1.78. The van der Waals surface area contributed by atoms with Gasteiger partial charge in [-0.15, -0.1) is 0 Å². The van der Waals surface area contributed by atoms with Crippen molar-refractivity contribution in [3.8, 4) is 0 Å². The Kier molecular flexibility index (Phi) is 3.53. The van der Waals surface area contributed by atoms with Crippen molar-refractivity contribution in [1.82, 2.24) is 4.90 Å². The zero-order valence-electron chi connectivity index (χ0n) is 10.1. The summed E-state index contributed by atoms with van der Waals surface area (Å²) in [6.45, 7) is 4.00. The molecule has 2 aliphatic heterocycles. The Hall–Kier alpha value is -1.28. The number of rotatable bonds is 2. The van der Waals surface area contributed by atoms with Crippen molar-refractivity contribution >= 4 is 17.4 Å². The normalized spacial score (nSPS) is 23.4. The largest absolute Gasteiger partial charge is 0.313 e. The standard InChI is InChI=1S/C14H16ClNO/c1-3-14(17)13-8-10(2)4-6-12-7-5-11(15)9-16(12)13/h5-10H,3-4H2,1-2H3. The maximum atomic E-state index is 12.0. The zero-order chi connectivity index (χ0) is 12.4. The first-order valence-electron chi connectivity index (χ1n) is 5.91. The van der Waals surface area contributed by atoms with Gasteiger partial charge in [-0.05, 0) is 24.5 Å². The maximum Gasteiger partial charge on any atom is 0.178 e. The van der Waals surface area contributed by atoms with E-state index in [-0.39, 0.29) is 5.78 Å². The number of allylic oxidation sites excluding steroid dienone is 6. The Labute approximate surface area is 107 Å². The number of fused-ring (bicyclic) bond motifs is 1. The first-order chi connectivity index (χ1) is 8.11. The molecule has 1 atom stereocenters. The molecule has 0 N–H and O–H groups in total. The Morgan fingerprint density at radius 2 is 2.29 bits per heavy atom. The molecule has 0 saturated heterocycles. The molecule has 0 radical (unpaired) electrons. The Morgan fingerprint density at radius 1 is 1.53 bits per heavy atom. The van der Waals surface area contributed by atoms with Gasteiger partial charge in [0.2, 0.25) is 0 Å². The van der Waals surface area contributed by atoms with E-state index in [4.69, 9.17) is 11.6 Å². The summed E-state index contributed by atoms with van der Waals surface area (Å²) < 4.78 is 0. The number of nitrogens with zero attached hydrogens (tertiary/aromatic N) is 1. The molecule has 17 heavy (non-hydrogen) atoms. The lowest BCUT2D eigenvalue weighted by molar-refractivity contribution is -0.116.